The maximum absolute atomic E-state index is 10.4. The predicted molar refractivity (Wildman–Crippen MR) is 85.6 cm³/mol. The van der Waals surface area contributed by atoms with Crippen molar-refractivity contribution in [1.29, 1.82) is 0 Å². The fourth-order valence-corrected chi connectivity index (χ4v) is 3.39. The monoisotopic (exact) mass is 272 g/mol. The normalized spacial score (nSPS) is 19.4. The summed E-state index contributed by atoms with van der Waals surface area (Å²) < 4.78 is 0. The van der Waals surface area contributed by atoms with Gasteiger partial charge < -0.3 is 5.11 Å². The molecule has 110 valence electrons. The second-order valence-electron chi connectivity index (χ2n) is 6.23. The molecule has 1 aromatic carbocycles. The van der Waals surface area contributed by atoms with E-state index in [0.717, 1.165) is 25.2 Å². The van der Waals surface area contributed by atoms with Gasteiger partial charge in [-0.2, -0.15) is 0 Å². The maximum Gasteiger partial charge on any atom is 0.0606 e. The molecule has 0 unspecified atom stereocenters. The van der Waals surface area contributed by atoms with Crippen molar-refractivity contribution in [2.45, 2.75) is 57.5 Å². The topological polar surface area (TPSA) is 20.2 Å². The van der Waals surface area contributed by atoms with Crippen molar-refractivity contribution in [2.24, 2.45) is 11.8 Å². The molecule has 1 nitrogen and oxygen atoms in total. The van der Waals surface area contributed by atoms with Crippen LogP contribution in [0.4, 0.5) is 0 Å². The fourth-order valence-electron chi connectivity index (χ4n) is 3.39. The first-order valence-corrected chi connectivity index (χ1v) is 8.14. The average Bonchev–Trinajstić information content (AvgIpc) is 2.52. The Labute approximate surface area is 123 Å². The molecule has 1 fully saturated rings. The summed E-state index contributed by atoms with van der Waals surface area (Å²) in [6.45, 7) is 3.94. The summed E-state index contributed by atoms with van der Waals surface area (Å²) in [5.41, 5.74) is 1.31. The summed E-state index contributed by atoms with van der Waals surface area (Å²) in [5.74, 6) is 1.07. The highest BCUT2D eigenvalue weighted by Gasteiger charge is 2.22. The molecule has 1 saturated carbocycles. The van der Waals surface area contributed by atoms with Gasteiger partial charge in [0.25, 0.3) is 0 Å². The maximum atomic E-state index is 10.4. The van der Waals surface area contributed by atoms with Crippen LogP contribution in [0.3, 0.4) is 0 Å². The molecular weight excluding hydrogens is 244 g/mol. The molecule has 0 spiro atoms. The van der Waals surface area contributed by atoms with Crippen LogP contribution in [0.1, 0.15) is 50.5 Å². The lowest BCUT2D eigenvalue weighted by Gasteiger charge is -2.27. The number of aryl methyl sites for hydroxylation is 1. The van der Waals surface area contributed by atoms with Crippen LogP contribution in [-0.4, -0.2) is 11.2 Å². The molecule has 1 aromatic rings. The number of benzene rings is 1. The third-order valence-electron chi connectivity index (χ3n) is 4.70. The quantitative estimate of drug-likeness (QED) is 0.710. The van der Waals surface area contributed by atoms with E-state index in [1.165, 1.54) is 37.7 Å². The predicted octanol–water partition coefficient (Wildman–Crippen LogP) is 4.75. The molecule has 0 aliphatic heterocycles. The van der Waals surface area contributed by atoms with Gasteiger partial charge in [-0.25, -0.2) is 0 Å². The highest BCUT2D eigenvalue weighted by Crippen LogP contribution is 2.31. The van der Waals surface area contributed by atoms with Gasteiger partial charge in [0.1, 0.15) is 0 Å². The van der Waals surface area contributed by atoms with Crippen LogP contribution in [-0.2, 0) is 6.42 Å². The van der Waals surface area contributed by atoms with Crippen LogP contribution in [0.2, 0.25) is 0 Å². The second-order valence-corrected chi connectivity index (χ2v) is 6.23. The zero-order valence-electron chi connectivity index (χ0n) is 12.5. The van der Waals surface area contributed by atoms with Crippen molar-refractivity contribution in [3.8, 4) is 0 Å². The molecule has 20 heavy (non-hydrogen) atoms. The van der Waals surface area contributed by atoms with Crippen LogP contribution < -0.4 is 0 Å². The molecule has 2 rings (SSSR count). The number of hydrogen-bond donors (Lipinski definition) is 1. The van der Waals surface area contributed by atoms with Crippen molar-refractivity contribution in [3.05, 3.63) is 48.6 Å². The molecule has 0 aromatic heterocycles. The Morgan fingerprint density at radius 1 is 1.15 bits per heavy atom. The lowest BCUT2D eigenvalue weighted by atomic mass is 9.80. The molecule has 0 saturated heterocycles. The molecule has 1 N–H and O–H groups in total. The molecule has 0 radical (unpaired) electrons. The number of aliphatic hydroxyl groups excluding tert-OH is 1. The van der Waals surface area contributed by atoms with Gasteiger partial charge in [-0.05, 0) is 30.7 Å². The first-order chi connectivity index (χ1) is 9.79. The SMILES string of the molecule is C=C[C@H](CC1CCCCC1)[C@H](O)CCc1ccccc1. The smallest absolute Gasteiger partial charge is 0.0606 e. The molecule has 0 heterocycles. The standard InChI is InChI=1S/C19H28O/c1-2-18(15-17-11-7-4-8-12-17)19(20)14-13-16-9-5-3-6-10-16/h2-3,5-6,9-10,17-20H,1,4,7-8,11-15H2/t18-,19-/m1/s1. The van der Waals surface area contributed by atoms with E-state index < -0.39 is 0 Å². The van der Waals surface area contributed by atoms with Crippen LogP contribution in [0.15, 0.2) is 43.0 Å². The van der Waals surface area contributed by atoms with Crippen molar-refractivity contribution in [1.82, 2.24) is 0 Å². The molecular formula is C19H28O. The van der Waals surface area contributed by atoms with E-state index in [1.807, 2.05) is 12.1 Å². The number of rotatable bonds is 7. The first-order valence-electron chi connectivity index (χ1n) is 8.14. The highest BCUT2D eigenvalue weighted by molar-refractivity contribution is 5.14. The Morgan fingerprint density at radius 2 is 1.85 bits per heavy atom. The largest absolute Gasteiger partial charge is 0.393 e. The van der Waals surface area contributed by atoms with E-state index in [4.69, 9.17) is 0 Å². The van der Waals surface area contributed by atoms with Crippen molar-refractivity contribution in [2.75, 3.05) is 0 Å². The number of aliphatic hydroxyl groups is 1. The molecule has 1 aliphatic rings. The summed E-state index contributed by atoms with van der Waals surface area (Å²) in [6, 6.07) is 10.4. The zero-order valence-corrected chi connectivity index (χ0v) is 12.5. The van der Waals surface area contributed by atoms with Gasteiger partial charge in [0.2, 0.25) is 0 Å². The third kappa shape index (κ3) is 4.79. The van der Waals surface area contributed by atoms with Crippen LogP contribution in [0, 0.1) is 11.8 Å². The van der Waals surface area contributed by atoms with E-state index in [0.29, 0.717) is 0 Å². The lowest BCUT2D eigenvalue weighted by molar-refractivity contribution is 0.103. The summed E-state index contributed by atoms with van der Waals surface area (Å²) >= 11 is 0. The molecule has 1 heteroatoms. The summed E-state index contributed by atoms with van der Waals surface area (Å²) in [4.78, 5) is 0. The van der Waals surface area contributed by atoms with Gasteiger partial charge in [0.05, 0.1) is 6.10 Å². The molecule has 0 amide bonds. The van der Waals surface area contributed by atoms with E-state index in [2.05, 4.69) is 30.8 Å². The molecule has 2 atom stereocenters. The summed E-state index contributed by atoms with van der Waals surface area (Å²) in [7, 11) is 0. The minimum atomic E-state index is -0.241. The Morgan fingerprint density at radius 3 is 2.50 bits per heavy atom. The van der Waals surface area contributed by atoms with Crippen molar-refractivity contribution in [3.63, 3.8) is 0 Å². The minimum absolute atomic E-state index is 0.241. The summed E-state index contributed by atoms with van der Waals surface area (Å²) in [5, 5.41) is 10.4. The lowest BCUT2D eigenvalue weighted by Crippen LogP contribution is -2.23. The van der Waals surface area contributed by atoms with Crippen LogP contribution >= 0.6 is 0 Å². The fraction of sp³-hybridized carbons (Fsp3) is 0.579. The zero-order chi connectivity index (χ0) is 14.2. The Kier molecular flexibility index (Phi) is 6.32. The van der Waals surface area contributed by atoms with E-state index in [-0.39, 0.29) is 12.0 Å². The van der Waals surface area contributed by atoms with Gasteiger partial charge in [-0.1, -0.05) is 68.5 Å². The van der Waals surface area contributed by atoms with E-state index in [1.54, 1.807) is 0 Å². The van der Waals surface area contributed by atoms with Gasteiger partial charge in [-0.3, -0.25) is 0 Å². The van der Waals surface area contributed by atoms with Crippen molar-refractivity contribution < 1.29 is 5.11 Å². The Balaban J connectivity index is 1.79. The van der Waals surface area contributed by atoms with Gasteiger partial charge in [-0.15, -0.1) is 6.58 Å². The van der Waals surface area contributed by atoms with Gasteiger partial charge in [0.15, 0.2) is 0 Å². The Hall–Kier alpha value is -1.08. The Bertz CT molecular complexity index is 378. The van der Waals surface area contributed by atoms with Crippen molar-refractivity contribution >= 4 is 0 Å². The van der Waals surface area contributed by atoms with Crippen LogP contribution in [0.25, 0.3) is 0 Å². The third-order valence-corrected chi connectivity index (χ3v) is 4.70. The molecule has 0 bridgehead atoms. The number of hydrogen-bond acceptors (Lipinski definition) is 1. The van der Waals surface area contributed by atoms with E-state index >= 15 is 0 Å². The van der Waals surface area contributed by atoms with Gasteiger partial charge >= 0.3 is 0 Å². The minimum Gasteiger partial charge on any atom is -0.393 e. The highest BCUT2D eigenvalue weighted by atomic mass is 16.3. The van der Waals surface area contributed by atoms with E-state index in [9.17, 15) is 5.11 Å². The van der Waals surface area contributed by atoms with Gasteiger partial charge in [0, 0.05) is 5.92 Å². The molecule has 1 aliphatic carbocycles. The summed E-state index contributed by atoms with van der Waals surface area (Å²) in [6.07, 6.45) is 11.5. The average molecular weight is 272 g/mol. The van der Waals surface area contributed by atoms with Crippen LogP contribution in [0.5, 0.6) is 0 Å². The first kappa shape index (κ1) is 15.3. The second kappa shape index (κ2) is 8.26.